The van der Waals surface area contributed by atoms with Crippen LogP contribution in [0.2, 0.25) is 0 Å². The summed E-state index contributed by atoms with van der Waals surface area (Å²) in [5.74, 6) is 0.721. The quantitative estimate of drug-likeness (QED) is 0.751. The molecule has 0 aliphatic rings. The van der Waals surface area contributed by atoms with E-state index in [0.717, 1.165) is 18.8 Å². The predicted molar refractivity (Wildman–Crippen MR) is 72.8 cm³/mol. The van der Waals surface area contributed by atoms with Crippen LogP contribution in [0.4, 0.5) is 4.79 Å². The van der Waals surface area contributed by atoms with Gasteiger partial charge in [-0.05, 0) is 13.3 Å². The minimum atomic E-state index is -0.203. The Kier molecular flexibility index (Phi) is 4.70. The molecule has 2 N–H and O–H groups in total. The van der Waals surface area contributed by atoms with Gasteiger partial charge in [-0.1, -0.05) is 0 Å². The number of hydrogen-bond acceptors (Lipinski definition) is 4. The molecule has 0 saturated carbocycles. The summed E-state index contributed by atoms with van der Waals surface area (Å²) in [6.07, 6.45) is 7.85. The summed E-state index contributed by atoms with van der Waals surface area (Å²) in [5.41, 5.74) is 0. The van der Waals surface area contributed by atoms with Gasteiger partial charge in [-0.3, -0.25) is 0 Å². The summed E-state index contributed by atoms with van der Waals surface area (Å²) in [6.45, 7) is 3.31. The van der Waals surface area contributed by atoms with E-state index in [0.29, 0.717) is 6.54 Å². The maximum absolute atomic E-state index is 11.7. The zero-order valence-corrected chi connectivity index (χ0v) is 11.7. The monoisotopic (exact) mass is 277 g/mol. The highest BCUT2D eigenvalue weighted by molar-refractivity contribution is 5.74. The first-order chi connectivity index (χ1) is 9.66. The predicted octanol–water partition coefficient (Wildman–Crippen LogP) is 0.462. The number of aryl methyl sites for hydroxylation is 2. The van der Waals surface area contributed by atoms with Crippen molar-refractivity contribution in [3.63, 3.8) is 0 Å². The molecule has 2 heterocycles. The molecule has 0 bridgehead atoms. The summed E-state index contributed by atoms with van der Waals surface area (Å²) >= 11 is 0. The average Bonchev–Trinajstić information content (AvgIpc) is 3.05. The zero-order valence-electron chi connectivity index (χ0n) is 11.7. The highest BCUT2D eigenvalue weighted by Gasteiger charge is 2.13. The second kappa shape index (κ2) is 6.69. The number of nitrogens with zero attached hydrogens (tertiary/aromatic N) is 5. The van der Waals surface area contributed by atoms with Gasteiger partial charge in [-0.2, -0.15) is 0 Å². The Hall–Kier alpha value is -2.38. The molecule has 108 valence electrons. The van der Waals surface area contributed by atoms with E-state index < -0.39 is 0 Å². The normalized spacial score (nSPS) is 12.1. The van der Waals surface area contributed by atoms with E-state index in [-0.39, 0.29) is 12.1 Å². The Labute approximate surface area is 117 Å². The van der Waals surface area contributed by atoms with E-state index in [4.69, 9.17) is 0 Å². The Bertz CT molecular complexity index is 534. The number of rotatable bonds is 6. The van der Waals surface area contributed by atoms with E-state index in [1.807, 2.05) is 24.7 Å². The standard InChI is InChI=1S/C12H19N7O/c1-10(11-17-15-9-18(11)2)16-12(20)14-4-3-6-19-7-5-13-8-19/h5,7-10H,3-4,6H2,1-2H3,(H2,14,16,20). The van der Waals surface area contributed by atoms with Crippen molar-refractivity contribution in [3.05, 3.63) is 30.9 Å². The van der Waals surface area contributed by atoms with Crippen LogP contribution in [0.3, 0.4) is 0 Å². The molecule has 8 heteroatoms. The van der Waals surface area contributed by atoms with E-state index in [1.54, 1.807) is 23.4 Å². The highest BCUT2D eigenvalue weighted by atomic mass is 16.2. The van der Waals surface area contributed by atoms with Gasteiger partial charge in [0, 0.05) is 32.5 Å². The fourth-order valence-electron chi connectivity index (χ4n) is 1.88. The van der Waals surface area contributed by atoms with Crippen molar-refractivity contribution in [2.24, 2.45) is 7.05 Å². The van der Waals surface area contributed by atoms with Gasteiger partial charge >= 0.3 is 6.03 Å². The van der Waals surface area contributed by atoms with Crippen LogP contribution in [0.1, 0.15) is 25.2 Å². The first kappa shape index (κ1) is 14.0. The largest absolute Gasteiger partial charge is 0.338 e. The van der Waals surface area contributed by atoms with E-state index in [9.17, 15) is 4.79 Å². The number of amides is 2. The molecule has 2 aromatic rings. The van der Waals surface area contributed by atoms with E-state index in [1.165, 1.54) is 0 Å². The second-order valence-corrected chi connectivity index (χ2v) is 4.58. The fourth-order valence-corrected chi connectivity index (χ4v) is 1.88. The molecule has 1 atom stereocenters. The number of urea groups is 1. The maximum atomic E-state index is 11.7. The van der Waals surface area contributed by atoms with Crippen LogP contribution < -0.4 is 10.6 Å². The number of nitrogens with one attached hydrogen (secondary N) is 2. The van der Waals surface area contributed by atoms with Gasteiger partial charge in [0.05, 0.1) is 12.4 Å². The first-order valence-corrected chi connectivity index (χ1v) is 6.51. The Morgan fingerprint density at radius 2 is 2.30 bits per heavy atom. The molecule has 0 spiro atoms. The molecule has 2 rings (SSSR count). The zero-order chi connectivity index (χ0) is 14.4. The lowest BCUT2D eigenvalue weighted by atomic mass is 10.3. The van der Waals surface area contributed by atoms with Crippen molar-refractivity contribution < 1.29 is 4.79 Å². The third-order valence-electron chi connectivity index (χ3n) is 2.92. The van der Waals surface area contributed by atoms with Gasteiger partial charge in [0.2, 0.25) is 0 Å². The van der Waals surface area contributed by atoms with Crippen LogP contribution in [0.15, 0.2) is 25.0 Å². The van der Waals surface area contributed by atoms with Crippen molar-refractivity contribution in [1.82, 2.24) is 34.9 Å². The third kappa shape index (κ3) is 3.81. The Morgan fingerprint density at radius 3 is 2.95 bits per heavy atom. The number of imidazole rings is 1. The van der Waals surface area contributed by atoms with Crippen LogP contribution in [-0.4, -0.2) is 36.9 Å². The summed E-state index contributed by atoms with van der Waals surface area (Å²) in [4.78, 5) is 15.7. The van der Waals surface area contributed by atoms with Crippen LogP contribution in [-0.2, 0) is 13.6 Å². The molecular formula is C12H19N7O. The minimum Gasteiger partial charge on any atom is -0.338 e. The SMILES string of the molecule is CC(NC(=O)NCCCn1ccnc1)c1nncn1C. The summed E-state index contributed by atoms with van der Waals surface area (Å²) in [6, 6.07) is -0.387. The average molecular weight is 277 g/mol. The molecule has 2 amide bonds. The summed E-state index contributed by atoms with van der Waals surface area (Å²) in [7, 11) is 1.84. The number of carbonyl (C=O) groups excluding carboxylic acids is 1. The van der Waals surface area contributed by atoms with Crippen molar-refractivity contribution in [1.29, 1.82) is 0 Å². The number of carbonyl (C=O) groups is 1. The Morgan fingerprint density at radius 1 is 1.45 bits per heavy atom. The lowest BCUT2D eigenvalue weighted by Gasteiger charge is -2.13. The van der Waals surface area contributed by atoms with Gasteiger partial charge in [-0.25, -0.2) is 9.78 Å². The molecule has 0 saturated heterocycles. The molecule has 0 aliphatic heterocycles. The molecule has 8 nitrogen and oxygen atoms in total. The molecule has 0 radical (unpaired) electrons. The molecule has 0 aromatic carbocycles. The first-order valence-electron chi connectivity index (χ1n) is 6.51. The topological polar surface area (TPSA) is 89.7 Å². The molecule has 1 unspecified atom stereocenters. The van der Waals surface area contributed by atoms with Crippen molar-refractivity contribution in [3.8, 4) is 0 Å². The Balaban J connectivity index is 1.66. The summed E-state index contributed by atoms with van der Waals surface area (Å²) < 4.78 is 3.76. The molecule has 0 aliphatic carbocycles. The van der Waals surface area contributed by atoms with Gasteiger partial charge in [0.15, 0.2) is 5.82 Å². The highest BCUT2D eigenvalue weighted by Crippen LogP contribution is 2.06. The number of aromatic nitrogens is 5. The lowest BCUT2D eigenvalue weighted by Crippen LogP contribution is -2.38. The van der Waals surface area contributed by atoms with Crippen LogP contribution in [0, 0.1) is 0 Å². The molecule has 0 fully saturated rings. The maximum Gasteiger partial charge on any atom is 0.315 e. The van der Waals surface area contributed by atoms with Crippen molar-refractivity contribution in [2.45, 2.75) is 25.9 Å². The van der Waals surface area contributed by atoms with E-state index >= 15 is 0 Å². The fraction of sp³-hybridized carbons (Fsp3) is 0.500. The van der Waals surface area contributed by atoms with Crippen molar-refractivity contribution >= 4 is 6.03 Å². The smallest absolute Gasteiger partial charge is 0.315 e. The molecular weight excluding hydrogens is 258 g/mol. The third-order valence-corrected chi connectivity index (χ3v) is 2.92. The van der Waals surface area contributed by atoms with Gasteiger partial charge in [0.1, 0.15) is 6.33 Å². The lowest BCUT2D eigenvalue weighted by molar-refractivity contribution is 0.237. The van der Waals surface area contributed by atoms with E-state index in [2.05, 4.69) is 25.8 Å². The van der Waals surface area contributed by atoms with Gasteiger partial charge in [-0.15, -0.1) is 10.2 Å². The number of hydrogen-bond donors (Lipinski definition) is 2. The van der Waals surface area contributed by atoms with Crippen LogP contribution >= 0.6 is 0 Å². The molecule has 20 heavy (non-hydrogen) atoms. The van der Waals surface area contributed by atoms with Crippen molar-refractivity contribution in [2.75, 3.05) is 6.54 Å². The summed E-state index contributed by atoms with van der Waals surface area (Å²) in [5, 5.41) is 13.4. The van der Waals surface area contributed by atoms with Crippen LogP contribution in [0.5, 0.6) is 0 Å². The second-order valence-electron chi connectivity index (χ2n) is 4.58. The van der Waals surface area contributed by atoms with Gasteiger partial charge < -0.3 is 19.8 Å². The van der Waals surface area contributed by atoms with Gasteiger partial charge in [0.25, 0.3) is 0 Å². The minimum absolute atomic E-state index is 0.184. The molecule has 2 aromatic heterocycles. The van der Waals surface area contributed by atoms with Crippen LogP contribution in [0.25, 0.3) is 0 Å².